The van der Waals surface area contributed by atoms with Gasteiger partial charge in [0.15, 0.2) is 0 Å². The number of likely N-dealkylation sites (tertiary alicyclic amines) is 1. The van der Waals surface area contributed by atoms with Gasteiger partial charge in [0.2, 0.25) is 0 Å². The number of amides is 2. The smallest absolute Gasteiger partial charge is 0.328 e. The SMILES string of the molecule is CCOC(=O)C1CCCN1C(=O)NCC(CC)CC(=O)O. The molecule has 0 aromatic rings. The van der Waals surface area contributed by atoms with Crippen molar-refractivity contribution in [2.24, 2.45) is 5.92 Å². The van der Waals surface area contributed by atoms with Crippen LogP contribution in [-0.2, 0) is 14.3 Å². The minimum absolute atomic E-state index is 0.0259. The van der Waals surface area contributed by atoms with Crippen LogP contribution < -0.4 is 5.32 Å². The number of nitrogens with one attached hydrogen (secondary N) is 1. The quantitative estimate of drug-likeness (QED) is 0.689. The number of carboxylic acids is 1. The van der Waals surface area contributed by atoms with Crippen molar-refractivity contribution in [2.45, 2.75) is 45.6 Å². The number of esters is 1. The van der Waals surface area contributed by atoms with E-state index in [1.165, 1.54) is 4.90 Å². The molecule has 21 heavy (non-hydrogen) atoms. The summed E-state index contributed by atoms with van der Waals surface area (Å²) in [5, 5.41) is 11.5. The van der Waals surface area contributed by atoms with Gasteiger partial charge < -0.3 is 20.1 Å². The fourth-order valence-electron chi connectivity index (χ4n) is 2.43. The van der Waals surface area contributed by atoms with Gasteiger partial charge in [-0.2, -0.15) is 0 Å². The van der Waals surface area contributed by atoms with Crippen molar-refractivity contribution < 1.29 is 24.2 Å². The fourth-order valence-corrected chi connectivity index (χ4v) is 2.43. The summed E-state index contributed by atoms with van der Waals surface area (Å²) < 4.78 is 4.97. The third-order valence-electron chi connectivity index (χ3n) is 3.65. The highest BCUT2D eigenvalue weighted by Crippen LogP contribution is 2.18. The van der Waals surface area contributed by atoms with Crippen LogP contribution >= 0.6 is 0 Å². The van der Waals surface area contributed by atoms with E-state index in [-0.39, 0.29) is 24.3 Å². The van der Waals surface area contributed by atoms with Crippen molar-refractivity contribution in [3.8, 4) is 0 Å². The Morgan fingerprint density at radius 1 is 1.38 bits per heavy atom. The second-order valence-corrected chi connectivity index (χ2v) is 5.16. The molecule has 1 aliphatic rings. The Kier molecular flexibility index (Phi) is 6.98. The number of carboxylic acid groups (broad SMARTS) is 1. The van der Waals surface area contributed by atoms with E-state index in [0.717, 1.165) is 6.42 Å². The number of urea groups is 1. The Morgan fingerprint density at radius 3 is 2.67 bits per heavy atom. The summed E-state index contributed by atoms with van der Waals surface area (Å²) in [5.74, 6) is -1.35. The van der Waals surface area contributed by atoms with Crippen LogP contribution in [0.3, 0.4) is 0 Å². The molecule has 1 rings (SSSR count). The molecular formula is C14H24N2O5. The van der Waals surface area contributed by atoms with Gasteiger partial charge in [0.1, 0.15) is 6.04 Å². The largest absolute Gasteiger partial charge is 0.481 e. The first-order valence-corrected chi connectivity index (χ1v) is 7.42. The summed E-state index contributed by atoms with van der Waals surface area (Å²) in [6.45, 7) is 4.73. The first-order valence-electron chi connectivity index (χ1n) is 7.42. The van der Waals surface area contributed by atoms with Crippen LogP contribution in [0.2, 0.25) is 0 Å². The lowest BCUT2D eigenvalue weighted by molar-refractivity contribution is -0.147. The number of carbonyl (C=O) groups is 3. The third-order valence-corrected chi connectivity index (χ3v) is 3.65. The highest BCUT2D eigenvalue weighted by atomic mass is 16.5. The van der Waals surface area contributed by atoms with E-state index < -0.39 is 12.0 Å². The zero-order valence-corrected chi connectivity index (χ0v) is 12.6. The third kappa shape index (κ3) is 5.24. The van der Waals surface area contributed by atoms with Crippen molar-refractivity contribution in [1.82, 2.24) is 10.2 Å². The minimum atomic E-state index is -0.873. The number of carbonyl (C=O) groups excluding carboxylic acids is 2. The second-order valence-electron chi connectivity index (χ2n) is 5.16. The van der Waals surface area contributed by atoms with Gasteiger partial charge in [-0.25, -0.2) is 9.59 Å². The Morgan fingerprint density at radius 2 is 2.10 bits per heavy atom. The molecule has 0 aliphatic carbocycles. The first kappa shape index (κ1) is 17.3. The lowest BCUT2D eigenvalue weighted by Gasteiger charge is -2.24. The maximum atomic E-state index is 12.1. The molecule has 0 spiro atoms. The van der Waals surface area contributed by atoms with E-state index in [4.69, 9.17) is 9.84 Å². The van der Waals surface area contributed by atoms with E-state index in [1.54, 1.807) is 6.92 Å². The minimum Gasteiger partial charge on any atom is -0.481 e. The van der Waals surface area contributed by atoms with Gasteiger partial charge in [0.05, 0.1) is 6.61 Å². The highest BCUT2D eigenvalue weighted by Gasteiger charge is 2.35. The lowest BCUT2D eigenvalue weighted by atomic mass is 10.0. The van der Waals surface area contributed by atoms with Crippen LogP contribution in [0.25, 0.3) is 0 Å². The second kappa shape index (κ2) is 8.49. The summed E-state index contributed by atoms with van der Waals surface area (Å²) in [7, 11) is 0. The summed E-state index contributed by atoms with van der Waals surface area (Å²) in [5.41, 5.74) is 0. The Hall–Kier alpha value is -1.79. The molecule has 1 aliphatic heterocycles. The molecule has 0 saturated carbocycles. The van der Waals surface area contributed by atoms with Gasteiger partial charge >= 0.3 is 18.0 Å². The predicted molar refractivity (Wildman–Crippen MR) is 75.8 cm³/mol. The summed E-state index contributed by atoms with van der Waals surface area (Å²) >= 11 is 0. The maximum absolute atomic E-state index is 12.1. The van der Waals surface area contributed by atoms with Crippen molar-refractivity contribution in [3.05, 3.63) is 0 Å². The zero-order chi connectivity index (χ0) is 15.8. The number of rotatable bonds is 7. The van der Waals surface area contributed by atoms with Gasteiger partial charge in [-0.15, -0.1) is 0 Å². The average Bonchev–Trinajstić information content (AvgIpc) is 2.92. The lowest BCUT2D eigenvalue weighted by Crippen LogP contribution is -2.47. The molecular weight excluding hydrogens is 276 g/mol. The molecule has 0 bridgehead atoms. The molecule has 1 fully saturated rings. The Bertz CT molecular complexity index is 386. The van der Waals surface area contributed by atoms with Crippen LogP contribution in [0, 0.1) is 5.92 Å². The Labute approximate surface area is 124 Å². The molecule has 7 nitrogen and oxygen atoms in total. The predicted octanol–water partition coefficient (Wildman–Crippen LogP) is 1.22. The van der Waals surface area contributed by atoms with E-state index in [1.807, 2.05) is 6.92 Å². The molecule has 7 heteroatoms. The number of hydrogen-bond acceptors (Lipinski definition) is 4. The van der Waals surface area contributed by atoms with Crippen molar-refractivity contribution in [2.75, 3.05) is 19.7 Å². The van der Waals surface area contributed by atoms with Crippen molar-refractivity contribution >= 4 is 18.0 Å². The normalized spacial score (nSPS) is 19.1. The molecule has 2 unspecified atom stereocenters. The summed E-state index contributed by atoms with van der Waals surface area (Å²) in [6, 6.07) is -0.848. The van der Waals surface area contributed by atoms with Crippen LogP contribution in [0.5, 0.6) is 0 Å². The van der Waals surface area contributed by atoms with E-state index in [9.17, 15) is 14.4 Å². The number of aliphatic carboxylic acids is 1. The molecule has 0 aromatic heterocycles. The number of ether oxygens (including phenoxy) is 1. The molecule has 2 N–H and O–H groups in total. The van der Waals surface area contributed by atoms with Gasteiger partial charge in [-0.05, 0) is 25.7 Å². The summed E-state index contributed by atoms with van der Waals surface area (Å²) in [4.78, 5) is 36.1. The van der Waals surface area contributed by atoms with Gasteiger partial charge in [-0.1, -0.05) is 13.3 Å². The topological polar surface area (TPSA) is 95.9 Å². The van der Waals surface area contributed by atoms with Crippen molar-refractivity contribution in [1.29, 1.82) is 0 Å². The standard InChI is InChI=1S/C14H24N2O5/c1-3-10(8-12(17)18)9-15-14(20)16-7-5-6-11(16)13(19)21-4-2/h10-11H,3-9H2,1-2H3,(H,15,20)(H,17,18). The van der Waals surface area contributed by atoms with Crippen LogP contribution in [0.15, 0.2) is 0 Å². The molecule has 2 atom stereocenters. The molecule has 2 amide bonds. The van der Waals surface area contributed by atoms with Crippen LogP contribution in [-0.4, -0.2) is 53.7 Å². The first-order chi connectivity index (χ1) is 9.99. The van der Waals surface area contributed by atoms with Gasteiger partial charge in [-0.3, -0.25) is 4.79 Å². The van der Waals surface area contributed by atoms with E-state index >= 15 is 0 Å². The van der Waals surface area contributed by atoms with Gasteiger partial charge in [0.25, 0.3) is 0 Å². The molecule has 120 valence electrons. The summed E-state index contributed by atoms with van der Waals surface area (Å²) in [6.07, 6.45) is 2.08. The van der Waals surface area contributed by atoms with Gasteiger partial charge in [0, 0.05) is 19.5 Å². The highest BCUT2D eigenvalue weighted by molar-refractivity contribution is 5.84. The zero-order valence-electron chi connectivity index (χ0n) is 12.6. The van der Waals surface area contributed by atoms with Crippen LogP contribution in [0.4, 0.5) is 4.79 Å². The monoisotopic (exact) mass is 300 g/mol. The van der Waals surface area contributed by atoms with Crippen LogP contribution in [0.1, 0.15) is 39.5 Å². The molecule has 1 saturated heterocycles. The molecule has 0 radical (unpaired) electrons. The van der Waals surface area contributed by atoms with E-state index in [0.29, 0.717) is 32.5 Å². The number of hydrogen-bond donors (Lipinski definition) is 2. The average molecular weight is 300 g/mol. The fraction of sp³-hybridized carbons (Fsp3) is 0.786. The molecule has 0 aromatic carbocycles. The Balaban J connectivity index is 2.50. The van der Waals surface area contributed by atoms with E-state index in [2.05, 4.69) is 5.32 Å². The maximum Gasteiger partial charge on any atom is 0.328 e. The van der Waals surface area contributed by atoms with Crippen molar-refractivity contribution in [3.63, 3.8) is 0 Å². The number of nitrogens with zero attached hydrogens (tertiary/aromatic N) is 1. The molecule has 1 heterocycles.